The fourth-order valence-electron chi connectivity index (χ4n) is 3.04. The predicted octanol–water partition coefficient (Wildman–Crippen LogP) is 3.31. The molecule has 0 unspecified atom stereocenters. The van der Waals surface area contributed by atoms with Crippen LogP contribution < -0.4 is 4.90 Å². The molecule has 1 aromatic heterocycles. The van der Waals surface area contributed by atoms with Crippen molar-refractivity contribution in [3.63, 3.8) is 0 Å². The number of rotatable bonds is 6. The van der Waals surface area contributed by atoms with Crippen LogP contribution in [-0.4, -0.2) is 36.2 Å². The Balaban J connectivity index is 2.17. The lowest BCUT2D eigenvalue weighted by Gasteiger charge is -2.26. The molecule has 0 bridgehead atoms. The molecule has 29 heavy (non-hydrogen) atoms. The van der Waals surface area contributed by atoms with Crippen molar-refractivity contribution in [3.05, 3.63) is 71.9 Å². The van der Waals surface area contributed by atoms with Gasteiger partial charge in [0.2, 0.25) is 0 Å². The molecule has 3 rings (SSSR count). The molecule has 0 radical (unpaired) electrons. The lowest BCUT2D eigenvalue weighted by molar-refractivity contribution is 0.305. The Bertz CT molecular complexity index is 1170. The lowest BCUT2D eigenvalue weighted by atomic mass is 10.0. The van der Waals surface area contributed by atoms with Gasteiger partial charge in [-0.05, 0) is 36.8 Å². The summed E-state index contributed by atoms with van der Waals surface area (Å²) in [5, 5.41) is 18.6. The molecule has 0 fully saturated rings. The van der Waals surface area contributed by atoms with Crippen molar-refractivity contribution in [2.75, 3.05) is 18.1 Å². The van der Waals surface area contributed by atoms with Crippen LogP contribution in [0.5, 0.6) is 0 Å². The van der Waals surface area contributed by atoms with Crippen molar-refractivity contribution in [2.24, 2.45) is 0 Å². The van der Waals surface area contributed by atoms with Gasteiger partial charge in [-0.1, -0.05) is 30.3 Å². The molecule has 7 nitrogen and oxygen atoms in total. The normalized spacial score (nSPS) is 11.1. The van der Waals surface area contributed by atoms with E-state index in [0.717, 1.165) is 11.1 Å². The lowest BCUT2D eigenvalue weighted by Crippen LogP contribution is -2.23. The fourth-order valence-corrected chi connectivity index (χ4v) is 3.62. The zero-order valence-corrected chi connectivity index (χ0v) is 16.5. The molecular formula is C21H19N3O4S. The van der Waals surface area contributed by atoms with Crippen molar-refractivity contribution in [3.8, 4) is 17.2 Å². The summed E-state index contributed by atoms with van der Waals surface area (Å²) in [5.41, 5.74) is 3.32. The number of aromatic nitrogens is 1. The van der Waals surface area contributed by atoms with Crippen LogP contribution in [0.25, 0.3) is 11.1 Å². The van der Waals surface area contributed by atoms with Crippen molar-refractivity contribution in [1.29, 1.82) is 5.26 Å². The van der Waals surface area contributed by atoms with Gasteiger partial charge in [-0.25, -0.2) is 4.98 Å². The van der Waals surface area contributed by atoms with Crippen LogP contribution in [0.2, 0.25) is 0 Å². The smallest absolute Gasteiger partial charge is 0.294 e. The summed E-state index contributed by atoms with van der Waals surface area (Å²) in [6.07, 6.45) is 0. The predicted molar refractivity (Wildman–Crippen MR) is 109 cm³/mol. The first-order valence-corrected chi connectivity index (χ1v) is 10.2. The SMILES string of the molecule is Cc1cc(S(=O)(=O)O)cc(N(CCO)c2ccccc2-c2ccc(C#N)cc2)n1. The number of anilines is 2. The molecule has 0 aliphatic rings. The molecule has 0 amide bonds. The highest BCUT2D eigenvalue weighted by Crippen LogP contribution is 2.35. The van der Waals surface area contributed by atoms with Gasteiger partial charge in [-0.15, -0.1) is 0 Å². The zero-order chi connectivity index (χ0) is 21.0. The van der Waals surface area contributed by atoms with Crippen LogP contribution in [0.4, 0.5) is 11.5 Å². The molecule has 2 aromatic carbocycles. The largest absolute Gasteiger partial charge is 0.395 e. The number of para-hydroxylation sites is 1. The van der Waals surface area contributed by atoms with E-state index in [4.69, 9.17) is 5.26 Å². The first-order valence-electron chi connectivity index (χ1n) is 8.77. The third kappa shape index (κ3) is 4.60. The molecule has 0 saturated carbocycles. The minimum absolute atomic E-state index is 0.161. The Morgan fingerprint density at radius 1 is 1.10 bits per heavy atom. The standard InChI is InChI=1S/C21H19N3O4S/c1-15-12-18(29(26,27)28)13-21(23-15)24(10-11-25)20-5-3-2-4-19(20)17-8-6-16(14-22)7-9-17/h2-9,12-13,25H,10-11H2,1H3,(H,26,27,28). The Kier molecular flexibility index (Phi) is 5.94. The minimum Gasteiger partial charge on any atom is -0.395 e. The van der Waals surface area contributed by atoms with Gasteiger partial charge in [0.05, 0.1) is 28.8 Å². The molecule has 0 atom stereocenters. The Morgan fingerprint density at radius 2 is 1.79 bits per heavy atom. The number of nitriles is 1. The first-order chi connectivity index (χ1) is 13.8. The van der Waals surface area contributed by atoms with E-state index in [-0.39, 0.29) is 23.9 Å². The fraction of sp³-hybridized carbons (Fsp3) is 0.143. The van der Waals surface area contributed by atoms with E-state index < -0.39 is 10.1 Å². The van der Waals surface area contributed by atoms with Crippen LogP contribution in [0.1, 0.15) is 11.3 Å². The van der Waals surface area contributed by atoms with Crippen LogP contribution in [0.15, 0.2) is 65.6 Å². The molecule has 0 aliphatic heterocycles. The molecule has 3 aromatic rings. The van der Waals surface area contributed by atoms with Gasteiger partial charge < -0.3 is 10.0 Å². The number of pyridine rings is 1. The van der Waals surface area contributed by atoms with Crippen LogP contribution in [-0.2, 0) is 10.1 Å². The summed E-state index contributed by atoms with van der Waals surface area (Å²) in [4.78, 5) is 5.83. The van der Waals surface area contributed by atoms with Crippen molar-refractivity contribution < 1.29 is 18.1 Å². The molecule has 1 heterocycles. The van der Waals surface area contributed by atoms with Gasteiger partial charge in [0.25, 0.3) is 10.1 Å². The third-order valence-electron chi connectivity index (χ3n) is 4.33. The quantitative estimate of drug-likeness (QED) is 0.600. The van der Waals surface area contributed by atoms with Gasteiger partial charge in [0, 0.05) is 23.9 Å². The Morgan fingerprint density at radius 3 is 2.41 bits per heavy atom. The topological polar surface area (TPSA) is 115 Å². The summed E-state index contributed by atoms with van der Waals surface area (Å²) in [6.45, 7) is 1.59. The van der Waals surface area contributed by atoms with Gasteiger partial charge in [0.1, 0.15) is 5.82 Å². The van der Waals surface area contributed by atoms with Gasteiger partial charge in [-0.2, -0.15) is 13.7 Å². The number of benzene rings is 2. The second-order valence-electron chi connectivity index (χ2n) is 6.36. The Labute approximate surface area is 169 Å². The van der Waals surface area contributed by atoms with Gasteiger partial charge in [-0.3, -0.25) is 4.55 Å². The highest BCUT2D eigenvalue weighted by atomic mass is 32.2. The van der Waals surface area contributed by atoms with Crippen LogP contribution in [0.3, 0.4) is 0 Å². The number of aliphatic hydroxyl groups is 1. The maximum atomic E-state index is 11.6. The number of aryl methyl sites for hydroxylation is 1. The minimum atomic E-state index is -4.41. The summed E-state index contributed by atoms with van der Waals surface area (Å²) in [7, 11) is -4.41. The average Bonchev–Trinajstić information content (AvgIpc) is 2.71. The van der Waals surface area contributed by atoms with E-state index in [2.05, 4.69) is 11.1 Å². The average molecular weight is 409 g/mol. The van der Waals surface area contributed by atoms with Crippen LogP contribution >= 0.6 is 0 Å². The monoisotopic (exact) mass is 409 g/mol. The summed E-state index contributed by atoms with van der Waals surface area (Å²) in [5.74, 6) is 0.285. The molecule has 2 N–H and O–H groups in total. The van der Waals surface area contributed by atoms with E-state index >= 15 is 0 Å². The van der Waals surface area contributed by atoms with Gasteiger partial charge >= 0.3 is 0 Å². The van der Waals surface area contributed by atoms with E-state index in [9.17, 15) is 18.1 Å². The van der Waals surface area contributed by atoms with Gasteiger partial charge in [0.15, 0.2) is 0 Å². The maximum Gasteiger partial charge on any atom is 0.294 e. The molecule has 0 spiro atoms. The highest BCUT2D eigenvalue weighted by molar-refractivity contribution is 7.85. The van der Waals surface area contributed by atoms with E-state index in [0.29, 0.717) is 16.9 Å². The number of nitrogens with zero attached hydrogens (tertiary/aromatic N) is 3. The van der Waals surface area contributed by atoms with E-state index in [1.807, 2.05) is 36.4 Å². The number of hydrogen-bond donors (Lipinski definition) is 2. The van der Waals surface area contributed by atoms with E-state index in [1.165, 1.54) is 12.1 Å². The summed E-state index contributed by atoms with van der Waals surface area (Å²) >= 11 is 0. The summed E-state index contributed by atoms with van der Waals surface area (Å²) in [6, 6.07) is 19.1. The van der Waals surface area contributed by atoms with Crippen LogP contribution in [0, 0.1) is 18.3 Å². The molecule has 8 heteroatoms. The summed E-state index contributed by atoms with van der Waals surface area (Å²) < 4.78 is 32.7. The number of hydrogen-bond acceptors (Lipinski definition) is 6. The maximum absolute atomic E-state index is 11.6. The van der Waals surface area contributed by atoms with Crippen molar-refractivity contribution >= 4 is 21.6 Å². The number of aliphatic hydroxyl groups excluding tert-OH is 1. The molecular weight excluding hydrogens is 390 g/mol. The molecule has 148 valence electrons. The van der Waals surface area contributed by atoms with E-state index in [1.54, 1.807) is 24.0 Å². The zero-order valence-electron chi connectivity index (χ0n) is 15.6. The molecule has 0 aliphatic carbocycles. The third-order valence-corrected chi connectivity index (χ3v) is 5.16. The second-order valence-corrected chi connectivity index (χ2v) is 7.78. The Hall–Kier alpha value is -3.25. The molecule has 0 saturated heterocycles. The van der Waals surface area contributed by atoms with Crippen molar-refractivity contribution in [1.82, 2.24) is 4.98 Å². The second kappa shape index (κ2) is 8.41. The highest BCUT2D eigenvalue weighted by Gasteiger charge is 2.19. The first kappa shape index (κ1) is 20.5. The van der Waals surface area contributed by atoms with Crippen molar-refractivity contribution in [2.45, 2.75) is 11.8 Å².